The monoisotopic (exact) mass is 312 g/mol. The van der Waals surface area contributed by atoms with Gasteiger partial charge < -0.3 is 15.3 Å². The van der Waals surface area contributed by atoms with Crippen LogP contribution in [0.15, 0.2) is 0 Å². The topological polar surface area (TPSA) is 60.7 Å². The van der Waals surface area contributed by atoms with Gasteiger partial charge in [0.05, 0.1) is 18.3 Å². The molecule has 3 unspecified atom stereocenters. The van der Waals surface area contributed by atoms with Crippen molar-refractivity contribution in [1.82, 2.24) is 0 Å². The molecule has 0 aliphatic heterocycles. The molecule has 16 heavy (non-hydrogen) atoms. The fourth-order valence-corrected chi connectivity index (χ4v) is 0. The van der Waals surface area contributed by atoms with Gasteiger partial charge in [-0.3, -0.25) is 0 Å². The summed E-state index contributed by atoms with van der Waals surface area (Å²) in [5, 5.41) is 25.1. The molecule has 0 bridgehead atoms. The maximum absolute atomic E-state index is 8.36. The van der Waals surface area contributed by atoms with Gasteiger partial charge in [0.2, 0.25) is 0 Å². The second-order valence-electron chi connectivity index (χ2n) is 3.77. The zero-order valence-electron chi connectivity index (χ0n) is 11.7. The molecule has 100 valence electrons. The third-order valence-corrected chi connectivity index (χ3v) is 1.77. The molecule has 0 aliphatic rings. The normalized spacial score (nSPS) is 14.1. The molecule has 0 aromatic rings. The zero-order valence-corrected chi connectivity index (χ0v) is 14.2. The van der Waals surface area contributed by atoms with Crippen molar-refractivity contribution in [2.75, 3.05) is 0 Å². The Kier molecular flexibility index (Phi) is 33.7. The van der Waals surface area contributed by atoms with Crippen molar-refractivity contribution in [2.45, 2.75) is 79.1 Å². The maximum atomic E-state index is 8.36. The second kappa shape index (κ2) is 21.1. The van der Waals surface area contributed by atoms with Gasteiger partial charge in [-0.1, -0.05) is 20.8 Å². The molecule has 0 spiro atoms. The van der Waals surface area contributed by atoms with E-state index in [1.807, 2.05) is 20.8 Å². The molecule has 0 aromatic heterocycles. The smallest absolute Gasteiger partial charge is 0.0509 e. The molecule has 0 radical (unpaired) electrons. The third kappa shape index (κ3) is 61.1. The first-order valence-electron chi connectivity index (χ1n) is 5.85. The van der Waals surface area contributed by atoms with Crippen LogP contribution < -0.4 is 0 Å². The maximum Gasteiger partial charge on any atom is 0.0509 e. The molecule has 0 saturated heterocycles. The van der Waals surface area contributed by atoms with Crippen molar-refractivity contribution >= 4 is 0 Å². The van der Waals surface area contributed by atoms with Crippen LogP contribution in [0.2, 0.25) is 0 Å². The molecular formula is C12H30O3Zr. The molecule has 3 nitrogen and oxygen atoms in total. The molecule has 0 aromatic carbocycles. The van der Waals surface area contributed by atoms with Crippen LogP contribution in [0.5, 0.6) is 0 Å². The molecular weight excluding hydrogens is 283 g/mol. The Balaban J connectivity index is -0.0000000655. The summed E-state index contributed by atoms with van der Waals surface area (Å²) in [4.78, 5) is 0. The van der Waals surface area contributed by atoms with Crippen LogP contribution in [0.3, 0.4) is 0 Å². The van der Waals surface area contributed by atoms with Gasteiger partial charge >= 0.3 is 0 Å². The second-order valence-corrected chi connectivity index (χ2v) is 3.77. The third-order valence-electron chi connectivity index (χ3n) is 1.77. The summed E-state index contributed by atoms with van der Waals surface area (Å²) >= 11 is 0. The first kappa shape index (κ1) is 25.6. The molecule has 0 aliphatic carbocycles. The van der Waals surface area contributed by atoms with Gasteiger partial charge in [-0.05, 0) is 40.0 Å². The van der Waals surface area contributed by atoms with E-state index in [1.54, 1.807) is 20.8 Å². The van der Waals surface area contributed by atoms with Gasteiger partial charge in [0, 0.05) is 26.2 Å². The predicted octanol–water partition coefficient (Wildman–Crippen LogP) is 2.33. The predicted molar refractivity (Wildman–Crippen MR) is 65.9 cm³/mol. The molecule has 0 fully saturated rings. The Hall–Kier alpha value is 0.763. The van der Waals surface area contributed by atoms with E-state index in [2.05, 4.69) is 0 Å². The Morgan fingerprint density at radius 2 is 0.688 bits per heavy atom. The summed E-state index contributed by atoms with van der Waals surface area (Å²) < 4.78 is 0. The molecule has 0 saturated carbocycles. The summed E-state index contributed by atoms with van der Waals surface area (Å²) in [5.41, 5.74) is 0. The van der Waals surface area contributed by atoms with E-state index in [0.717, 1.165) is 19.3 Å². The van der Waals surface area contributed by atoms with E-state index in [1.165, 1.54) is 0 Å². The van der Waals surface area contributed by atoms with Crippen LogP contribution in [0.1, 0.15) is 60.8 Å². The van der Waals surface area contributed by atoms with Crippen LogP contribution in [0.25, 0.3) is 0 Å². The number of hydrogen-bond acceptors (Lipinski definition) is 3. The number of aliphatic hydroxyl groups excluding tert-OH is 3. The average molecular weight is 314 g/mol. The average Bonchev–Trinajstić information content (AvgIpc) is 2.19. The van der Waals surface area contributed by atoms with Crippen LogP contribution in [0.4, 0.5) is 0 Å². The number of aliphatic hydroxyl groups is 3. The number of rotatable bonds is 3. The van der Waals surface area contributed by atoms with E-state index in [0.29, 0.717) is 0 Å². The van der Waals surface area contributed by atoms with E-state index in [-0.39, 0.29) is 44.5 Å². The van der Waals surface area contributed by atoms with E-state index in [4.69, 9.17) is 15.3 Å². The molecule has 0 amide bonds. The Bertz CT molecular complexity index is 77.2. The zero-order chi connectivity index (χ0) is 12.9. The van der Waals surface area contributed by atoms with Crippen molar-refractivity contribution in [1.29, 1.82) is 0 Å². The van der Waals surface area contributed by atoms with Crippen molar-refractivity contribution in [3.63, 3.8) is 0 Å². The fraction of sp³-hybridized carbons (Fsp3) is 1.00. The molecule has 0 rings (SSSR count). The largest absolute Gasteiger partial charge is 0.393 e. The van der Waals surface area contributed by atoms with Crippen LogP contribution >= 0.6 is 0 Å². The van der Waals surface area contributed by atoms with Crippen molar-refractivity contribution in [2.24, 2.45) is 0 Å². The number of hydrogen-bond donors (Lipinski definition) is 3. The van der Waals surface area contributed by atoms with Crippen LogP contribution in [-0.2, 0) is 26.2 Å². The summed E-state index contributed by atoms with van der Waals surface area (Å²) in [7, 11) is 0. The minimum Gasteiger partial charge on any atom is -0.393 e. The Morgan fingerprint density at radius 3 is 0.688 bits per heavy atom. The van der Waals surface area contributed by atoms with Crippen LogP contribution in [-0.4, -0.2) is 33.6 Å². The van der Waals surface area contributed by atoms with Crippen molar-refractivity contribution in [3.8, 4) is 0 Å². The Labute approximate surface area is 120 Å². The summed E-state index contributed by atoms with van der Waals surface area (Å²) in [6, 6.07) is 0. The summed E-state index contributed by atoms with van der Waals surface area (Å²) in [6.45, 7) is 11.2. The van der Waals surface area contributed by atoms with Gasteiger partial charge in [0.25, 0.3) is 0 Å². The molecule has 3 N–H and O–H groups in total. The summed E-state index contributed by atoms with van der Waals surface area (Å²) in [6.07, 6.45) is 2.24. The van der Waals surface area contributed by atoms with Crippen molar-refractivity contribution < 1.29 is 41.5 Å². The van der Waals surface area contributed by atoms with Gasteiger partial charge in [0.1, 0.15) is 0 Å². The van der Waals surface area contributed by atoms with Gasteiger partial charge in [-0.15, -0.1) is 0 Å². The fourth-order valence-electron chi connectivity index (χ4n) is 0. The van der Waals surface area contributed by atoms with Crippen molar-refractivity contribution in [3.05, 3.63) is 0 Å². The van der Waals surface area contributed by atoms with E-state index < -0.39 is 0 Å². The van der Waals surface area contributed by atoms with Gasteiger partial charge in [0.15, 0.2) is 0 Å². The standard InChI is InChI=1S/3C4H10O.Zr/c3*1-3-4(2)5;/h3*4-5H,3H2,1-2H3;. The van der Waals surface area contributed by atoms with Gasteiger partial charge in [-0.25, -0.2) is 0 Å². The summed E-state index contributed by atoms with van der Waals surface area (Å²) in [5.74, 6) is 0. The van der Waals surface area contributed by atoms with Crippen LogP contribution in [0, 0.1) is 0 Å². The SMILES string of the molecule is CCC(C)O.CCC(C)O.CCC(C)O.[Zr]. The van der Waals surface area contributed by atoms with Gasteiger partial charge in [-0.2, -0.15) is 0 Å². The Morgan fingerprint density at radius 1 is 0.625 bits per heavy atom. The molecule has 4 heteroatoms. The van der Waals surface area contributed by atoms with E-state index in [9.17, 15) is 0 Å². The quantitative estimate of drug-likeness (QED) is 0.749. The molecule has 3 atom stereocenters. The molecule has 0 heterocycles. The first-order chi connectivity index (χ1) is 6.81. The van der Waals surface area contributed by atoms with E-state index >= 15 is 0 Å². The minimum atomic E-state index is -0.116. The first-order valence-corrected chi connectivity index (χ1v) is 5.85. The minimum absolute atomic E-state index is 0.